The molecule has 0 amide bonds. The Balaban J connectivity index is 1.84. The number of benzene rings is 3. The van der Waals surface area contributed by atoms with Gasteiger partial charge in [-0.25, -0.2) is 0 Å². The Morgan fingerprint density at radius 2 is 1.14 bits per heavy atom. The number of aryl methyl sites for hydroxylation is 1. The zero-order chi connectivity index (χ0) is 20.1. The van der Waals surface area contributed by atoms with Crippen molar-refractivity contribution >= 4 is 40.5 Å². The van der Waals surface area contributed by atoms with Crippen molar-refractivity contribution in [3.8, 4) is 0 Å². The first-order valence-electron chi connectivity index (χ1n) is 9.69. The minimum atomic E-state index is -2.27. The fourth-order valence-electron chi connectivity index (χ4n) is 4.04. The maximum absolute atomic E-state index is 11.3. The van der Waals surface area contributed by atoms with Crippen LogP contribution in [0.4, 0.5) is 0 Å². The monoisotopic (exact) mass is 418 g/mol. The molecule has 2 nitrogen and oxygen atoms in total. The SMILES string of the molecule is O=C(O)c1ccc(CC[PH](c2ccccc2)(c2ccccc2)c2ccccc2)s1. The summed E-state index contributed by atoms with van der Waals surface area (Å²) >= 11 is 1.39. The van der Waals surface area contributed by atoms with E-state index in [-0.39, 0.29) is 0 Å². The molecule has 0 fully saturated rings. The average Bonchev–Trinajstić information content (AvgIpc) is 3.26. The second kappa shape index (κ2) is 8.73. The van der Waals surface area contributed by atoms with E-state index in [0.717, 1.165) is 17.5 Å². The van der Waals surface area contributed by atoms with Gasteiger partial charge in [-0.1, -0.05) is 0 Å². The normalized spacial score (nSPS) is 11.9. The predicted octanol–water partition coefficient (Wildman–Crippen LogP) is 4.72. The second-order valence-electron chi connectivity index (χ2n) is 7.07. The number of rotatable bonds is 7. The van der Waals surface area contributed by atoms with Gasteiger partial charge in [0.2, 0.25) is 0 Å². The standard InChI is InChI=1S/C25H23O2PS/c26-25(27)24-17-16-23(29-24)18-19-28(20-10-4-1-5-11-20,21-12-6-2-7-13-21)22-14-8-3-9-15-22/h1-17,28H,18-19H2,(H,26,27). The van der Waals surface area contributed by atoms with Gasteiger partial charge < -0.3 is 0 Å². The molecular weight excluding hydrogens is 395 g/mol. The van der Waals surface area contributed by atoms with Gasteiger partial charge in [0.15, 0.2) is 0 Å². The molecule has 0 spiro atoms. The minimum absolute atomic E-state index is 0.409. The van der Waals surface area contributed by atoms with E-state index in [0.29, 0.717) is 4.88 Å². The van der Waals surface area contributed by atoms with E-state index in [4.69, 9.17) is 0 Å². The third-order valence-corrected chi connectivity index (χ3v) is 11.5. The number of hydrogen-bond acceptors (Lipinski definition) is 2. The molecule has 0 aliphatic heterocycles. The van der Waals surface area contributed by atoms with Crippen LogP contribution in [0.2, 0.25) is 0 Å². The van der Waals surface area contributed by atoms with Gasteiger partial charge in [0, 0.05) is 0 Å². The van der Waals surface area contributed by atoms with Crippen LogP contribution in [-0.4, -0.2) is 17.2 Å². The topological polar surface area (TPSA) is 37.3 Å². The average molecular weight is 418 g/mol. The van der Waals surface area contributed by atoms with E-state index in [2.05, 4.69) is 91.0 Å². The number of thiophene rings is 1. The number of carboxylic acid groups (broad SMARTS) is 1. The Morgan fingerprint density at radius 1 is 0.690 bits per heavy atom. The van der Waals surface area contributed by atoms with Crippen molar-refractivity contribution in [2.75, 3.05) is 6.16 Å². The van der Waals surface area contributed by atoms with Crippen molar-refractivity contribution in [3.05, 3.63) is 113 Å². The van der Waals surface area contributed by atoms with Crippen LogP contribution >= 0.6 is 18.6 Å². The Labute approximate surface area is 175 Å². The van der Waals surface area contributed by atoms with Gasteiger partial charge in [-0.05, 0) is 0 Å². The summed E-state index contributed by atoms with van der Waals surface area (Å²) in [7, 11) is -2.27. The van der Waals surface area contributed by atoms with Crippen LogP contribution in [0.3, 0.4) is 0 Å². The number of carbonyl (C=O) groups is 1. The molecule has 4 heteroatoms. The van der Waals surface area contributed by atoms with Crippen molar-refractivity contribution in [2.45, 2.75) is 6.42 Å². The second-order valence-corrected chi connectivity index (χ2v) is 12.3. The summed E-state index contributed by atoms with van der Waals surface area (Å²) in [5.74, 6) is -0.848. The maximum atomic E-state index is 11.3. The van der Waals surface area contributed by atoms with Gasteiger partial charge in [-0.2, -0.15) is 0 Å². The molecular formula is C25H23O2PS. The summed E-state index contributed by atoms with van der Waals surface area (Å²) in [6.45, 7) is 0. The van der Waals surface area contributed by atoms with Gasteiger partial charge in [0.25, 0.3) is 0 Å². The van der Waals surface area contributed by atoms with Crippen molar-refractivity contribution < 1.29 is 9.90 Å². The summed E-state index contributed by atoms with van der Waals surface area (Å²) in [6.07, 6.45) is 1.85. The molecule has 0 saturated heterocycles. The van der Waals surface area contributed by atoms with E-state index in [1.54, 1.807) is 6.07 Å². The zero-order valence-corrected chi connectivity index (χ0v) is 17.8. The van der Waals surface area contributed by atoms with Crippen LogP contribution in [-0.2, 0) is 6.42 Å². The first-order chi connectivity index (χ1) is 14.2. The molecule has 4 rings (SSSR count). The first kappa shape index (κ1) is 19.6. The third-order valence-electron chi connectivity index (χ3n) is 5.42. The molecule has 146 valence electrons. The van der Waals surface area contributed by atoms with Crippen molar-refractivity contribution in [1.29, 1.82) is 0 Å². The molecule has 4 aromatic rings. The van der Waals surface area contributed by atoms with Gasteiger partial charge in [-0.3, -0.25) is 0 Å². The summed E-state index contributed by atoms with van der Waals surface area (Å²) in [5, 5.41) is 13.4. The number of aromatic carboxylic acids is 1. The molecule has 29 heavy (non-hydrogen) atoms. The molecule has 0 saturated carbocycles. The van der Waals surface area contributed by atoms with Crippen LogP contribution < -0.4 is 15.9 Å². The quantitative estimate of drug-likeness (QED) is 0.441. The molecule has 0 bridgehead atoms. The summed E-state index contributed by atoms with van der Waals surface area (Å²) < 4.78 is 0. The Morgan fingerprint density at radius 3 is 1.52 bits per heavy atom. The van der Waals surface area contributed by atoms with Crippen molar-refractivity contribution in [1.82, 2.24) is 0 Å². The fraction of sp³-hybridized carbons (Fsp3) is 0.0800. The molecule has 1 heterocycles. The summed E-state index contributed by atoms with van der Waals surface area (Å²) in [6, 6.07) is 36.1. The Hall–Kier alpha value is -2.74. The molecule has 0 aliphatic carbocycles. The van der Waals surface area contributed by atoms with Crippen LogP contribution in [0.15, 0.2) is 103 Å². The molecule has 1 N–H and O–H groups in total. The molecule has 1 aromatic heterocycles. The molecule has 0 unspecified atom stereocenters. The third kappa shape index (κ3) is 4.03. The van der Waals surface area contributed by atoms with Gasteiger partial charge in [0.05, 0.1) is 0 Å². The molecule has 0 atom stereocenters. The van der Waals surface area contributed by atoms with Crippen LogP contribution in [0.1, 0.15) is 14.5 Å². The Bertz CT molecular complexity index is 979. The van der Waals surface area contributed by atoms with Crippen LogP contribution in [0.5, 0.6) is 0 Å². The Kier molecular flexibility index (Phi) is 5.89. The molecule has 3 aromatic carbocycles. The molecule has 0 radical (unpaired) electrons. The van der Waals surface area contributed by atoms with Crippen molar-refractivity contribution in [2.24, 2.45) is 0 Å². The first-order valence-corrected chi connectivity index (χ1v) is 12.7. The zero-order valence-electron chi connectivity index (χ0n) is 16.0. The van der Waals surface area contributed by atoms with E-state index >= 15 is 0 Å². The van der Waals surface area contributed by atoms with E-state index in [1.807, 2.05) is 6.07 Å². The van der Waals surface area contributed by atoms with E-state index < -0.39 is 13.2 Å². The number of carboxylic acids is 1. The summed E-state index contributed by atoms with van der Waals surface area (Å²) in [4.78, 5) is 12.8. The van der Waals surface area contributed by atoms with Crippen LogP contribution in [0.25, 0.3) is 0 Å². The fourth-order valence-corrected chi connectivity index (χ4v) is 9.86. The van der Waals surface area contributed by atoms with Gasteiger partial charge >= 0.3 is 176 Å². The molecule has 0 aliphatic rings. The van der Waals surface area contributed by atoms with Crippen LogP contribution in [0, 0.1) is 0 Å². The van der Waals surface area contributed by atoms with E-state index in [1.165, 1.54) is 27.3 Å². The van der Waals surface area contributed by atoms with Gasteiger partial charge in [0.1, 0.15) is 0 Å². The summed E-state index contributed by atoms with van der Waals surface area (Å²) in [5.41, 5.74) is 0. The van der Waals surface area contributed by atoms with E-state index in [9.17, 15) is 9.90 Å². The van der Waals surface area contributed by atoms with Crippen molar-refractivity contribution in [3.63, 3.8) is 0 Å². The van der Waals surface area contributed by atoms with Gasteiger partial charge in [-0.15, -0.1) is 0 Å². The predicted molar refractivity (Wildman–Crippen MR) is 126 cm³/mol. The number of hydrogen-bond donors (Lipinski definition) is 1.